The number of hydrogen-bond acceptors (Lipinski definition) is 2. The summed E-state index contributed by atoms with van der Waals surface area (Å²) in [6.45, 7) is 3.93. The standard InChI is InChI=1S/C25H22N2O/c1-17-16-23(25(28)27-18(2)19-10-5-3-6-11-19)22-15-9-14-21(24(22)26-17)20-12-7-4-8-13-20/h3-16,18H,1-2H3,(H,27,28). The number of benzene rings is 3. The summed E-state index contributed by atoms with van der Waals surface area (Å²) in [7, 11) is 0. The molecule has 3 aromatic carbocycles. The molecule has 0 saturated heterocycles. The number of aromatic nitrogens is 1. The zero-order valence-electron chi connectivity index (χ0n) is 16.0. The van der Waals surface area contributed by atoms with Crippen LogP contribution in [0.1, 0.15) is 34.6 Å². The lowest BCUT2D eigenvalue weighted by atomic mass is 9.98. The van der Waals surface area contributed by atoms with E-state index in [0.717, 1.165) is 33.3 Å². The van der Waals surface area contributed by atoms with Crippen molar-refractivity contribution in [1.29, 1.82) is 0 Å². The highest BCUT2D eigenvalue weighted by molar-refractivity contribution is 6.09. The molecule has 1 amide bonds. The van der Waals surface area contributed by atoms with Gasteiger partial charge in [0.15, 0.2) is 0 Å². The van der Waals surface area contributed by atoms with E-state index in [2.05, 4.69) is 23.5 Å². The molecule has 0 spiro atoms. The van der Waals surface area contributed by atoms with Crippen LogP contribution < -0.4 is 5.32 Å². The number of para-hydroxylation sites is 1. The largest absolute Gasteiger partial charge is 0.345 e. The van der Waals surface area contributed by atoms with Crippen molar-refractivity contribution in [3.05, 3.63) is 102 Å². The highest BCUT2D eigenvalue weighted by Gasteiger charge is 2.17. The molecule has 0 aliphatic heterocycles. The van der Waals surface area contributed by atoms with Crippen LogP contribution in [0.15, 0.2) is 84.9 Å². The average Bonchev–Trinajstić information content (AvgIpc) is 2.74. The summed E-state index contributed by atoms with van der Waals surface area (Å²) in [6.07, 6.45) is 0. The third-order valence-electron chi connectivity index (χ3n) is 4.94. The van der Waals surface area contributed by atoms with Crippen molar-refractivity contribution in [2.24, 2.45) is 0 Å². The minimum Gasteiger partial charge on any atom is -0.345 e. The van der Waals surface area contributed by atoms with Gasteiger partial charge in [0, 0.05) is 16.6 Å². The maximum Gasteiger partial charge on any atom is 0.252 e. The molecule has 1 unspecified atom stereocenters. The molecule has 0 aliphatic carbocycles. The van der Waals surface area contributed by atoms with Gasteiger partial charge in [0.05, 0.1) is 17.1 Å². The van der Waals surface area contributed by atoms with E-state index in [1.807, 2.05) is 80.6 Å². The number of nitrogens with zero attached hydrogens (tertiary/aromatic N) is 1. The summed E-state index contributed by atoms with van der Waals surface area (Å²) in [6, 6.07) is 27.9. The normalized spacial score (nSPS) is 11.9. The minimum atomic E-state index is -0.0861. The average molecular weight is 366 g/mol. The fourth-order valence-electron chi connectivity index (χ4n) is 3.51. The Morgan fingerprint density at radius 1 is 0.893 bits per heavy atom. The molecule has 1 atom stereocenters. The first-order valence-corrected chi connectivity index (χ1v) is 9.45. The predicted molar refractivity (Wildman–Crippen MR) is 114 cm³/mol. The SMILES string of the molecule is Cc1cc(C(=O)NC(C)c2ccccc2)c2cccc(-c3ccccc3)c2n1. The van der Waals surface area contributed by atoms with E-state index < -0.39 is 0 Å². The topological polar surface area (TPSA) is 42.0 Å². The van der Waals surface area contributed by atoms with Crippen LogP contribution in [0, 0.1) is 6.92 Å². The third kappa shape index (κ3) is 3.52. The molecule has 1 heterocycles. The van der Waals surface area contributed by atoms with E-state index in [4.69, 9.17) is 4.98 Å². The van der Waals surface area contributed by atoms with E-state index in [0.29, 0.717) is 5.56 Å². The van der Waals surface area contributed by atoms with Gasteiger partial charge in [0.1, 0.15) is 0 Å². The Balaban J connectivity index is 1.76. The number of amides is 1. The number of nitrogens with one attached hydrogen (secondary N) is 1. The van der Waals surface area contributed by atoms with Gasteiger partial charge in [-0.2, -0.15) is 0 Å². The lowest BCUT2D eigenvalue weighted by Gasteiger charge is -2.16. The molecule has 0 saturated carbocycles. The summed E-state index contributed by atoms with van der Waals surface area (Å²) >= 11 is 0. The highest BCUT2D eigenvalue weighted by Crippen LogP contribution is 2.29. The number of fused-ring (bicyclic) bond motifs is 1. The fourth-order valence-corrected chi connectivity index (χ4v) is 3.51. The number of pyridine rings is 1. The van der Waals surface area contributed by atoms with Gasteiger partial charge in [-0.15, -0.1) is 0 Å². The van der Waals surface area contributed by atoms with Gasteiger partial charge >= 0.3 is 0 Å². The second-order valence-electron chi connectivity index (χ2n) is 6.98. The Kier molecular flexibility index (Phi) is 4.90. The van der Waals surface area contributed by atoms with E-state index in [9.17, 15) is 4.79 Å². The monoisotopic (exact) mass is 366 g/mol. The minimum absolute atomic E-state index is 0.0745. The molecule has 28 heavy (non-hydrogen) atoms. The van der Waals surface area contributed by atoms with Gasteiger partial charge in [-0.25, -0.2) is 0 Å². The number of hydrogen-bond donors (Lipinski definition) is 1. The summed E-state index contributed by atoms with van der Waals surface area (Å²) in [5.41, 5.74) is 5.54. The number of rotatable bonds is 4. The quantitative estimate of drug-likeness (QED) is 0.503. The number of aryl methyl sites for hydroxylation is 1. The van der Waals surface area contributed by atoms with Gasteiger partial charge in [-0.1, -0.05) is 78.9 Å². The lowest BCUT2D eigenvalue weighted by molar-refractivity contribution is 0.0941. The Morgan fingerprint density at radius 2 is 1.57 bits per heavy atom. The van der Waals surface area contributed by atoms with Gasteiger partial charge < -0.3 is 5.32 Å². The van der Waals surface area contributed by atoms with Crippen LogP contribution in [-0.2, 0) is 0 Å². The van der Waals surface area contributed by atoms with E-state index in [1.165, 1.54) is 0 Å². The van der Waals surface area contributed by atoms with Crippen molar-refractivity contribution in [2.75, 3.05) is 0 Å². The second-order valence-corrected chi connectivity index (χ2v) is 6.98. The maximum atomic E-state index is 13.1. The van der Waals surface area contributed by atoms with Crippen LogP contribution in [0.3, 0.4) is 0 Å². The third-order valence-corrected chi connectivity index (χ3v) is 4.94. The van der Waals surface area contributed by atoms with Gasteiger partial charge in [0.25, 0.3) is 5.91 Å². The lowest BCUT2D eigenvalue weighted by Crippen LogP contribution is -2.27. The van der Waals surface area contributed by atoms with Crippen LogP contribution in [0.25, 0.3) is 22.0 Å². The number of carbonyl (C=O) groups excluding carboxylic acids is 1. The molecule has 1 aromatic heterocycles. The summed E-state index contributed by atoms with van der Waals surface area (Å²) in [5, 5.41) is 3.99. The van der Waals surface area contributed by atoms with Crippen molar-refractivity contribution in [3.8, 4) is 11.1 Å². The van der Waals surface area contributed by atoms with Crippen molar-refractivity contribution in [1.82, 2.24) is 10.3 Å². The fraction of sp³-hybridized carbons (Fsp3) is 0.120. The second kappa shape index (κ2) is 7.65. The predicted octanol–water partition coefficient (Wildman–Crippen LogP) is 5.70. The summed E-state index contributed by atoms with van der Waals surface area (Å²) in [5.74, 6) is -0.0861. The first-order valence-electron chi connectivity index (χ1n) is 9.45. The molecule has 0 radical (unpaired) electrons. The molecule has 0 bridgehead atoms. The van der Waals surface area contributed by atoms with Crippen LogP contribution >= 0.6 is 0 Å². The molecule has 4 rings (SSSR count). The first kappa shape index (κ1) is 17.9. The molecular weight excluding hydrogens is 344 g/mol. The van der Waals surface area contributed by atoms with Crippen LogP contribution in [-0.4, -0.2) is 10.9 Å². The van der Waals surface area contributed by atoms with E-state index in [1.54, 1.807) is 0 Å². The van der Waals surface area contributed by atoms with Gasteiger partial charge in [0.2, 0.25) is 0 Å². The van der Waals surface area contributed by atoms with Crippen molar-refractivity contribution in [3.63, 3.8) is 0 Å². The van der Waals surface area contributed by atoms with Crippen LogP contribution in [0.2, 0.25) is 0 Å². The van der Waals surface area contributed by atoms with Gasteiger partial charge in [-0.05, 0) is 31.0 Å². The molecule has 138 valence electrons. The van der Waals surface area contributed by atoms with Crippen LogP contribution in [0.5, 0.6) is 0 Å². The van der Waals surface area contributed by atoms with E-state index in [-0.39, 0.29) is 11.9 Å². The first-order chi connectivity index (χ1) is 13.6. The molecule has 1 N–H and O–H groups in total. The van der Waals surface area contributed by atoms with Crippen molar-refractivity contribution in [2.45, 2.75) is 19.9 Å². The number of carbonyl (C=O) groups is 1. The summed E-state index contributed by atoms with van der Waals surface area (Å²) < 4.78 is 0. The van der Waals surface area contributed by atoms with Crippen LogP contribution in [0.4, 0.5) is 0 Å². The highest BCUT2D eigenvalue weighted by atomic mass is 16.1. The molecule has 3 nitrogen and oxygen atoms in total. The molecule has 3 heteroatoms. The Morgan fingerprint density at radius 3 is 2.29 bits per heavy atom. The Labute approximate surface area is 165 Å². The van der Waals surface area contributed by atoms with Crippen molar-refractivity contribution < 1.29 is 4.79 Å². The Hall–Kier alpha value is -3.46. The summed E-state index contributed by atoms with van der Waals surface area (Å²) in [4.78, 5) is 17.9. The molecule has 0 fully saturated rings. The molecule has 4 aromatic rings. The molecule has 0 aliphatic rings. The maximum absolute atomic E-state index is 13.1. The smallest absolute Gasteiger partial charge is 0.252 e. The van der Waals surface area contributed by atoms with Crippen molar-refractivity contribution >= 4 is 16.8 Å². The zero-order valence-corrected chi connectivity index (χ0v) is 16.0. The molecular formula is C25H22N2O. The van der Waals surface area contributed by atoms with E-state index >= 15 is 0 Å². The van der Waals surface area contributed by atoms with Gasteiger partial charge in [-0.3, -0.25) is 9.78 Å². The zero-order chi connectivity index (χ0) is 19.5. The Bertz CT molecular complexity index is 1120.